The Morgan fingerprint density at radius 3 is 0.667 bits per heavy atom. The maximum atomic E-state index is 8.46. The molecule has 2 nitrogen and oxygen atoms in total. The molecule has 0 N–H and O–H groups in total. The number of hydrogen-bond acceptors (Lipinski definition) is 2. The maximum absolute atomic E-state index is 8.46. The number of halogens is 4. The molecule has 12 heteroatoms. The number of rotatable bonds is 0. The topological polar surface area (TPSA) is 40.1 Å². The van der Waals surface area contributed by atoms with Crippen LogP contribution in [0.2, 0.25) is 0 Å². The van der Waals surface area contributed by atoms with Gasteiger partial charge in [-0.1, -0.05) is 0 Å². The minimum absolute atomic E-state index is 0. The molecule has 0 radical (unpaired) electrons. The third kappa shape index (κ3) is 137. The van der Waals surface area contributed by atoms with E-state index in [0.29, 0.717) is 0 Å². The quantitative estimate of drug-likeness (QED) is 0.391. The predicted octanol–water partition coefficient (Wildman–Crippen LogP) is -28.7. The molecule has 0 unspecified atom stereocenters. The first-order valence-corrected chi connectivity index (χ1v) is 1.41. The van der Waals surface area contributed by atoms with Gasteiger partial charge in [0.25, 0.3) is 0 Å². The second kappa shape index (κ2) is 112. The Labute approximate surface area is 164 Å². The van der Waals surface area contributed by atoms with Gasteiger partial charge in [-0.05, 0) is 0 Å². The molecule has 0 aliphatic rings. The van der Waals surface area contributed by atoms with E-state index in [1.807, 2.05) is 0 Å². The molecule has 12 heavy (non-hydrogen) atoms. The Balaban J connectivity index is -0.000000000556. The predicted molar refractivity (Wildman–Crippen MR) is 6.44 cm³/mol. The van der Waals surface area contributed by atoms with Gasteiger partial charge in [0.05, 0.1) is 0 Å². The van der Waals surface area contributed by atoms with Gasteiger partial charge in [-0.3, -0.25) is 0 Å². The van der Waals surface area contributed by atoms with Crippen LogP contribution >= 0.6 is 0 Å². The fraction of sp³-hybridized carbons (Fsp3) is 0. The summed E-state index contributed by atoms with van der Waals surface area (Å²) in [5, 5.41) is 0. The molecule has 0 saturated heterocycles. The van der Waals surface area contributed by atoms with Crippen LogP contribution in [0, 0.1) is 0 Å². The van der Waals surface area contributed by atoms with E-state index in [1.54, 1.807) is 0 Å². The van der Waals surface area contributed by atoms with Crippen LogP contribution in [-0.4, -0.2) is 15.5 Å². The van der Waals surface area contributed by atoms with E-state index in [1.165, 1.54) is 0 Å². The van der Waals surface area contributed by atoms with Crippen molar-refractivity contribution in [2.45, 2.75) is 0 Å². The molecule has 0 saturated carbocycles. The molecule has 0 spiro atoms. The summed E-state index contributed by atoms with van der Waals surface area (Å²) in [5.41, 5.74) is 0. The van der Waals surface area contributed by atoms with Crippen LogP contribution in [0.1, 0.15) is 0 Å². The van der Waals surface area contributed by atoms with Crippen LogP contribution in [0.5, 0.6) is 0 Å². The van der Waals surface area contributed by atoms with Gasteiger partial charge in [0.15, 0.2) is 0 Å². The summed E-state index contributed by atoms with van der Waals surface area (Å²) < 4.78 is 16.9. The SMILES string of the molecule is [Cl-].[Cl-].[Cl-].[Cl-].[Li+].[Li+].[Li+].[Li+].[Li+].[O]=[Al][O-]. The molecule has 0 atom stereocenters. The van der Waals surface area contributed by atoms with E-state index < -0.39 is 15.5 Å². The zero-order valence-electron chi connectivity index (χ0n) is 7.91. The van der Waals surface area contributed by atoms with Gasteiger partial charge >= 0.3 is 118 Å². The molecular weight excluding hydrogens is 235 g/mol. The fourth-order valence-electron chi connectivity index (χ4n) is 0. The zero-order valence-corrected chi connectivity index (χ0v) is 12.1. The van der Waals surface area contributed by atoms with Crippen molar-refractivity contribution in [2.24, 2.45) is 0 Å². The summed E-state index contributed by atoms with van der Waals surface area (Å²) in [6.45, 7) is 0. The molecule has 0 aliphatic heterocycles. The van der Waals surface area contributed by atoms with Crippen molar-refractivity contribution in [2.75, 3.05) is 0 Å². The van der Waals surface area contributed by atoms with Gasteiger partial charge < -0.3 is 49.6 Å². The molecule has 48 valence electrons. The van der Waals surface area contributed by atoms with Crippen molar-refractivity contribution in [1.29, 1.82) is 0 Å². The molecule has 0 rings (SSSR count). The van der Waals surface area contributed by atoms with Crippen LogP contribution < -0.4 is 148 Å². The second-order valence-electron chi connectivity index (χ2n) is 0.0962. The van der Waals surface area contributed by atoms with Crippen molar-refractivity contribution in [3.8, 4) is 0 Å². The molecule has 0 aromatic rings. The van der Waals surface area contributed by atoms with Crippen molar-refractivity contribution in [1.82, 2.24) is 0 Å². The van der Waals surface area contributed by atoms with E-state index in [0.717, 1.165) is 0 Å². The second-order valence-corrected chi connectivity index (χ2v) is 0.289. The summed E-state index contributed by atoms with van der Waals surface area (Å²) >= 11 is -1.75. The van der Waals surface area contributed by atoms with Crippen molar-refractivity contribution in [3.63, 3.8) is 0 Å². The summed E-state index contributed by atoms with van der Waals surface area (Å²) in [6.07, 6.45) is 0. The van der Waals surface area contributed by atoms with E-state index in [9.17, 15) is 0 Å². The third-order valence-corrected chi connectivity index (χ3v) is 0. The molecule has 0 amide bonds. The summed E-state index contributed by atoms with van der Waals surface area (Å²) in [6, 6.07) is 0. The van der Waals surface area contributed by atoms with Gasteiger partial charge in [0.1, 0.15) is 0 Å². The van der Waals surface area contributed by atoms with E-state index in [4.69, 9.17) is 7.96 Å². The molecule has 0 aliphatic carbocycles. The standard InChI is InChI=1S/Al.4ClH.5Li.2O/h;4*1H;;;;;;;/q;;;;;5*+1;;-1/p-4. The van der Waals surface area contributed by atoms with Crippen LogP contribution in [0.15, 0.2) is 0 Å². The number of hydrogen-bond donors (Lipinski definition) is 0. The van der Waals surface area contributed by atoms with Gasteiger partial charge in [0.2, 0.25) is 0 Å². The Morgan fingerprint density at radius 2 is 0.667 bits per heavy atom. The first-order chi connectivity index (χ1) is 1.41. The van der Waals surface area contributed by atoms with E-state index in [-0.39, 0.29) is 144 Å². The van der Waals surface area contributed by atoms with E-state index in [2.05, 4.69) is 0 Å². The molecule has 0 aromatic carbocycles. The molecule has 0 bridgehead atoms. The van der Waals surface area contributed by atoms with E-state index >= 15 is 0 Å². The Hall–Kier alpha value is 4.28. The molecule has 0 fully saturated rings. The van der Waals surface area contributed by atoms with Crippen LogP contribution in [-0.2, 0) is 3.80 Å². The van der Waals surface area contributed by atoms with Crippen molar-refractivity contribution in [3.05, 3.63) is 0 Å². The van der Waals surface area contributed by atoms with Gasteiger partial charge in [-0.2, -0.15) is 0 Å². The van der Waals surface area contributed by atoms with Crippen LogP contribution in [0.25, 0.3) is 0 Å². The monoisotopic (exact) mass is 234 g/mol. The molecule has 0 aromatic heterocycles. The molecular formula is AlCl4Li5O2. The zero-order chi connectivity index (χ0) is 2.71. The first-order valence-electron chi connectivity index (χ1n) is 0.471. The summed E-state index contributed by atoms with van der Waals surface area (Å²) in [4.78, 5) is 0. The van der Waals surface area contributed by atoms with Crippen molar-refractivity contribution >= 4 is 15.5 Å². The third-order valence-electron chi connectivity index (χ3n) is 0. The van der Waals surface area contributed by atoms with Crippen molar-refractivity contribution < 1.29 is 152 Å². The Bertz CT molecular complexity index is 28.9. The Morgan fingerprint density at radius 1 is 0.667 bits per heavy atom. The summed E-state index contributed by atoms with van der Waals surface area (Å²) in [5.74, 6) is 0. The van der Waals surface area contributed by atoms with Gasteiger partial charge in [0, 0.05) is 0 Å². The van der Waals surface area contributed by atoms with Crippen LogP contribution in [0.3, 0.4) is 0 Å². The average Bonchev–Trinajstić information content (AvgIpc) is 0.918. The van der Waals surface area contributed by atoms with Gasteiger partial charge in [-0.25, -0.2) is 0 Å². The summed E-state index contributed by atoms with van der Waals surface area (Å²) in [7, 11) is 0. The fourth-order valence-corrected chi connectivity index (χ4v) is 0. The van der Waals surface area contributed by atoms with Gasteiger partial charge in [-0.15, -0.1) is 0 Å². The normalized spacial score (nSPS) is 0.667. The molecule has 0 heterocycles. The van der Waals surface area contributed by atoms with Crippen LogP contribution in [0.4, 0.5) is 0 Å². The average molecular weight is 235 g/mol. The minimum atomic E-state index is -1.75. The first kappa shape index (κ1) is 96.4. The Kier molecular flexibility index (Phi) is 898.